The molecule has 0 amide bonds. The summed E-state index contributed by atoms with van der Waals surface area (Å²) in [7, 11) is 0. The summed E-state index contributed by atoms with van der Waals surface area (Å²) in [5, 5.41) is 0. The molecule has 12 N–H and O–H groups in total. The number of hydrogen-bond donors (Lipinski definition) is 0. The van der Waals surface area contributed by atoms with Crippen LogP contribution < -0.4 is 0 Å². The van der Waals surface area contributed by atoms with Gasteiger partial charge in [0, 0.05) is 0 Å². The van der Waals surface area contributed by atoms with Gasteiger partial charge in [-0.3, -0.25) is 0 Å². The van der Waals surface area contributed by atoms with E-state index in [1.165, 1.54) is 0 Å². The summed E-state index contributed by atoms with van der Waals surface area (Å²) in [5.74, 6) is 0. The van der Waals surface area contributed by atoms with Gasteiger partial charge in [-0.05, 0) is 0 Å². The van der Waals surface area contributed by atoms with Crippen molar-refractivity contribution >= 4 is 5.63 Å². The second kappa shape index (κ2) is 228. The molecule has 59 valence electrons. The zero-order valence-electron chi connectivity index (χ0n) is 3.88. The molecule has 0 aromatic rings. The van der Waals surface area contributed by atoms with E-state index >= 15 is 0 Å². The van der Waals surface area contributed by atoms with Crippen molar-refractivity contribution in [2.24, 2.45) is 0 Å². The number of hydrogen-bond acceptors (Lipinski definition) is 0. The second-order valence-electron chi connectivity index (χ2n) is 0. The zero-order chi connectivity index (χ0) is 2.00. The van der Waals surface area contributed by atoms with Gasteiger partial charge in [-0.25, -0.2) is 0 Å². The van der Waals surface area contributed by atoms with E-state index in [2.05, 4.69) is 0 Å². The Morgan fingerprint density at radius 2 is 0.500 bits per heavy atom. The zero-order valence-corrected chi connectivity index (χ0v) is 7.77. The molecule has 0 unspecified atom stereocenters. The van der Waals surface area contributed by atoms with Crippen molar-refractivity contribution in [2.75, 3.05) is 0 Å². The topological polar surface area (TPSA) is 189 Å². The average molecular weight is 284 g/mol. The molecule has 0 bridgehead atoms. The van der Waals surface area contributed by atoms with Gasteiger partial charge >= 0.3 is 43.7 Å². The Morgan fingerprint density at radius 3 is 0.500 bits per heavy atom. The van der Waals surface area contributed by atoms with Gasteiger partial charge in [-0.2, -0.15) is 0 Å². The molecule has 8 heteroatoms. The fourth-order valence-corrected chi connectivity index (χ4v) is 0. The molecular formula is H12CeClO6. The van der Waals surface area contributed by atoms with Crippen molar-refractivity contribution in [3.05, 3.63) is 0 Å². The van der Waals surface area contributed by atoms with E-state index in [1.807, 2.05) is 0 Å². The standard InChI is InChI=1S/Ce.ClH.6H2O/h;1H;6*1H2/q+1;;;;;;;/p-1. The maximum absolute atomic E-state index is 4.78. The predicted octanol–water partition coefficient (Wildman–Crippen LogP) is -4.26. The minimum atomic E-state index is 0. The van der Waals surface area contributed by atoms with Crippen molar-refractivity contribution in [1.29, 1.82) is 0 Å². The molecule has 8 heavy (non-hydrogen) atoms. The van der Waals surface area contributed by atoms with Gasteiger partial charge in [0.2, 0.25) is 0 Å². The molecule has 6 nitrogen and oxygen atoms in total. The Labute approximate surface area is 75.8 Å². The van der Waals surface area contributed by atoms with Crippen LogP contribution in [0.5, 0.6) is 0 Å². The van der Waals surface area contributed by atoms with Crippen LogP contribution in [0, 0.1) is 38.1 Å². The van der Waals surface area contributed by atoms with Gasteiger partial charge in [0.15, 0.2) is 0 Å². The molecule has 0 saturated heterocycles. The van der Waals surface area contributed by atoms with E-state index in [1.54, 1.807) is 0 Å². The van der Waals surface area contributed by atoms with Crippen molar-refractivity contribution in [3.8, 4) is 0 Å². The molecule has 0 aliphatic rings. The van der Waals surface area contributed by atoms with Crippen molar-refractivity contribution in [3.63, 3.8) is 0 Å². The molecule has 0 aliphatic heterocycles. The van der Waals surface area contributed by atoms with E-state index in [-0.39, 0.29) is 32.9 Å². The van der Waals surface area contributed by atoms with Crippen LogP contribution in [0.3, 0.4) is 0 Å². The normalized spacial score (nSPS) is 0.500. The first-order valence-electron chi connectivity index (χ1n) is 0.189. The van der Waals surface area contributed by atoms with Gasteiger partial charge in [0.25, 0.3) is 0 Å². The van der Waals surface area contributed by atoms with Gasteiger partial charge in [0.1, 0.15) is 0 Å². The fraction of sp³-hybridized carbons (Fsp3) is 0. The molecule has 0 saturated carbocycles. The molecule has 0 rings (SSSR count). The van der Waals surface area contributed by atoms with Crippen LogP contribution in [0.1, 0.15) is 0 Å². The molecule has 0 aromatic carbocycles. The summed E-state index contributed by atoms with van der Waals surface area (Å²) in [5.41, 5.74) is 4.78. The Morgan fingerprint density at radius 1 is 0.500 bits per heavy atom. The molecule has 0 atom stereocenters. The van der Waals surface area contributed by atoms with Crippen LogP contribution in [0.25, 0.3) is 0 Å². The molecular weight excluding hydrogens is 272 g/mol. The Bertz CT molecular complexity index is 8.49. The van der Waals surface area contributed by atoms with Crippen LogP contribution in [-0.2, 0) is 0 Å². The SMILES string of the molecule is O.O.O.O.O.O.[Cl][Ce]. The Kier molecular flexibility index (Phi) is 3240. The van der Waals surface area contributed by atoms with Gasteiger partial charge in [-0.1, -0.05) is 0 Å². The summed E-state index contributed by atoms with van der Waals surface area (Å²) >= 11 is 0.778. The fourth-order valence-electron chi connectivity index (χ4n) is 0. The third kappa shape index (κ3) is 151. The monoisotopic (exact) mass is 283 g/mol. The summed E-state index contributed by atoms with van der Waals surface area (Å²) in [6, 6.07) is 0. The molecule has 0 radical (unpaired) electrons. The molecule has 0 aromatic heterocycles. The quantitative estimate of drug-likeness (QED) is 0.416. The number of rotatable bonds is 0. The molecule has 0 spiro atoms. The average Bonchev–Trinajstić information content (AvgIpc) is 1.00. The first kappa shape index (κ1) is 114. The van der Waals surface area contributed by atoms with Crippen LogP contribution in [0.4, 0.5) is 0 Å². The Balaban J connectivity index is -0.000000000333. The minimum absolute atomic E-state index is 0. The van der Waals surface area contributed by atoms with Crippen molar-refractivity contribution in [2.45, 2.75) is 0 Å². The number of halogens is 1. The van der Waals surface area contributed by atoms with Crippen LogP contribution in [-0.4, -0.2) is 32.9 Å². The third-order valence-corrected chi connectivity index (χ3v) is 0. The summed E-state index contributed by atoms with van der Waals surface area (Å²) in [6.07, 6.45) is 0. The second-order valence-corrected chi connectivity index (χ2v) is 0. The van der Waals surface area contributed by atoms with Gasteiger partial charge in [-0.15, -0.1) is 0 Å². The van der Waals surface area contributed by atoms with Crippen LogP contribution >= 0.6 is 5.63 Å². The molecule has 0 heterocycles. The first-order chi connectivity index (χ1) is 1.00. The van der Waals surface area contributed by atoms with Crippen molar-refractivity contribution < 1.29 is 70.9 Å². The summed E-state index contributed by atoms with van der Waals surface area (Å²) < 4.78 is 0. The van der Waals surface area contributed by atoms with E-state index < -0.39 is 0 Å². The van der Waals surface area contributed by atoms with Gasteiger partial charge in [0.05, 0.1) is 0 Å². The summed E-state index contributed by atoms with van der Waals surface area (Å²) in [6.45, 7) is 0. The van der Waals surface area contributed by atoms with E-state index in [0.717, 1.165) is 38.1 Å². The molecule has 0 aliphatic carbocycles. The first-order valence-corrected chi connectivity index (χ1v) is 4.13. The molecule has 0 fully saturated rings. The summed E-state index contributed by atoms with van der Waals surface area (Å²) in [4.78, 5) is 0. The predicted molar refractivity (Wildman–Crippen MR) is 27.5 cm³/mol. The Hall–Kier alpha value is 1.43. The van der Waals surface area contributed by atoms with E-state index in [9.17, 15) is 0 Å². The van der Waals surface area contributed by atoms with E-state index in [4.69, 9.17) is 5.63 Å². The van der Waals surface area contributed by atoms with Crippen LogP contribution in [0.2, 0.25) is 0 Å². The van der Waals surface area contributed by atoms with E-state index in [0.29, 0.717) is 0 Å². The maximum atomic E-state index is 4.78. The van der Waals surface area contributed by atoms with Gasteiger partial charge < -0.3 is 32.9 Å². The third-order valence-electron chi connectivity index (χ3n) is 0. The van der Waals surface area contributed by atoms with Crippen molar-refractivity contribution in [1.82, 2.24) is 0 Å². The van der Waals surface area contributed by atoms with Crippen LogP contribution in [0.15, 0.2) is 0 Å².